The molecule has 28 heavy (non-hydrogen) atoms. The van der Waals surface area contributed by atoms with Crippen molar-refractivity contribution in [2.45, 2.75) is 137 Å². The summed E-state index contributed by atoms with van der Waals surface area (Å²) < 4.78 is 5.83. The maximum absolute atomic E-state index is 9.40. The Labute approximate surface area is 177 Å². The van der Waals surface area contributed by atoms with E-state index in [1.54, 1.807) is 0 Å². The van der Waals surface area contributed by atoms with Crippen LogP contribution in [-0.4, -0.2) is 24.4 Å². The van der Waals surface area contributed by atoms with Crippen molar-refractivity contribution in [3.8, 4) is 0 Å². The fourth-order valence-electron chi connectivity index (χ4n) is 3.64. The van der Waals surface area contributed by atoms with E-state index in [0.29, 0.717) is 0 Å². The number of aliphatic hydroxyl groups is 1. The van der Waals surface area contributed by atoms with E-state index in [-0.39, 0.29) is 18.1 Å². The van der Waals surface area contributed by atoms with Gasteiger partial charge >= 0.3 is 0 Å². The molecule has 0 aliphatic rings. The summed E-state index contributed by atoms with van der Waals surface area (Å²) in [5.41, 5.74) is 0.219. The van der Waals surface area contributed by atoms with Gasteiger partial charge in [-0.25, -0.2) is 0 Å². The highest BCUT2D eigenvalue weighted by molar-refractivity contribution is 4.81. The molecule has 0 saturated heterocycles. The number of rotatable bonds is 20. The van der Waals surface area contributed by atoms with E-state index in [1.807, 2.05) is 0 Å². The first-order valence-electron chi connectivity index (χ1n) is 12.4. The van der Waals surface area contributed by atoms with Gasteiger partial charge in [0.1, 0.15) is 0 Å². The van der Waals surface area contributed by atoms with Gasteiger partial charge in [-0.3, -0.25) is 0 Å². The van der Waals surface area contributed by atoms with Crippen LogP contribution in [-0.2, 0) is 4.74 Å². The molecule has 168 valence electrons. The molecule has 1 unspecified atom stereocenters. The van der Waals surface area contributed by atoms with Gasteiger partial charge in [0.05, 0.1) is 12.7 Å². The van der Waals surface area contributed by atoms with Crippen LogP contribution in [0.3, 0.4) is 0 Å². The second-order valence-electron chi connectivity index (χ2n) is 9.73. The van der Waals surface area contributed by atoms with E-state index >= 15 is 0 Å². The molecule has 0 saturated carbocycles. The molecule has 1 atom stereocenters. The molecule has 0 amide bonds. The van der Waals surface area contributed by atoms with E-state index in [4.69, 9.17) is 4.74 Å². The van der Waals surface area contributed by atoms with Crippen LogP contribution in [0.15, 0.2) is 12.2 Å². The minimum Gasteiger partial charge on any atom is -0.394 e. The van der Waals surface area contributed by atoms with Gasteiger partial charge in [-0.05, 0) is 43.9 Å². The average Bonchev–Trinajstić information content (AvgIpc) is 2.65. The summed E-state index contributed by atoms with van der Waals surface area (Å²) in [4.78, 5) is 0. The van der Waals surface area contributed by atoms with Gasteiger partial charge in [-0.15, -0.1) is 0 Å². The standard InChI is InChI=1S/C26H52O2/c1-5-6-7-8-9-10-11-12-13-14-15-16-17-18-19-20-21-22-28-25(24-27)23-26(2,3)4/h12-13,25,27H,5-11,14-24H2,1-4H3/b13-12-. The van der Waals surface area contributed by atoms with Crippen molar-refractivity contribution >= 4 is 0 Å². The molecule has 0 fully saturated rings. The summed E-state index contributed by atoms with van der Waals surface area (Å²) in [6.07, 6.45) is 25.8. The molecule has 0 aliphatic carbocycles. The van der Waals surface area contributed by atoms with Crippen LogP contribution < -0.4 is 0 Å². The molecule has 0 bridgehead atoms. The highest BCUT2D eigenvalue weighted by atomic mass is 16.5. The molecule has 0 aromatic heterocycles. The quantitative estimate of drug-likeness (QED) is 0.166. The van der Waals surface area contributed by atoms with Gasteiger partial charge in [0, 0.05) is 6.61 Å². The van der Waals surface area contributed by atoms with E-state index in [1.165, 1.54) is 89.9 Å². The zero-order valence-electron chi connectivity index (χ0n) is 19.8. The van der Waals surface area contributed by atoms with Crippen molar-refractivity contribution in [2.75, 3.05) is 13.2 Å². The predicted molar refractivity (Wildman–Crippen MR) is 125 cm³/mol. The number of hydrogen-bond donors (Lipinski definition) is 1. The third-order valence-electron chi connectivity index (χ3n) is 5.30. The Bertz CT molecular complexity index is 330. The molecule has 0 rings (SSSR count). The smallest absolute Gasteiger partial charge is 0.0810 e. The molecule has 0 aromatic rings. The van der Waals surface area contributed by atoms with Crippen LogP contribution in [0.5, 0.6) is 0 Å². The molecular weight excluding hydrogens is 344 g/mol. The van der Waals surface area contributed by atoms with Gasteiger partial charge in [-0.2, -0.15) is 0 Å². The van der Waals surface area contributed by atoms with Crippen molar-refractivity contribution in [1.82, 2.24) is 0 Å². The second kappa shape index (κ2) is 20.0. The lowest BCUT2D eigenvalue weighted by Gasteiger charge is -2.24. The molecule has 0 spiro atoms. The van der Waals surface area contributed by atoms with E-state index in [9.17, 15) is 5.11 Å². The van der Waals surface area contributed by atoms with E-state index in [0.717, 1.165) is 19.4 Å². The van der Waals surface area contributed by atoms with Gasteiger partial charge in [0.2, 0.25) is 0 Å². The molecule has 2 heteroatoms. The highest BCUT2D eigenvalue weighted by Crippen LogP contribution is 2.22. The SMILES string of the molecule is CCCCCCCC/C=C\CCCCCCCCCOC(CO)CC(C)(C)C. The minimum atomic E-state index is 0.00844. The largest absolute Gasteiger partial charge is 0.394 e. The lowest BCUT2D eigenvalue weighted by molar-refractivity contribution is -0.0112. The Kier molecular flexibility index (Phi) is 19.7. The van der Waals surface area contributed by atoms with E-state index < -0.39 is 0 Å². The first-order valence-corrected chi connectivity index (χ1v) is 12.4. The highest BCUT2D eigenvalue weighted by Gasteiger charge is 2.18. The first kappa shape index (κ1) is 27.7. The first-order chi connectivity index (χ1) is 13.5. The monoisotopic (exact) mass is 396 g/mol. The van der Waals surface area contributed by atoms with Crippen molar-refractivity contribution in [3.05, 3.63) is 12.2 Å². The Morgan fingerprint density at radius 3 is 1.64 bits per heavy atom. The Hall–Kier alpha value is -0.340. The minimum absolute atomic E-state index is 0.00844. The number of hydrogen-bond acceptors (Lipinski definition) is 2. The van der Waals surface area contributed by atoms with Crippen LogP contribution in [0.4, 0.5) is 0 Å². The molecule has 0 aromatic carbocycles. The third kappa shape index (κ3) is 22.0. The zero-order chi connectivity index (χ0) is 20.9. The predicted octanol–water partition coefficient (Wildman–Crippen LogP) is 8.23. The number of unbranched alkanes of at least 4 members (excludes halogenated alkanes) is 13. The third-order valence-corrected chi connectivity index (χ3v) is 5.30. The molecular formula is C26H52O2. The zero-order valence-corrected chi connectivity index (χ0v) is 19.8. The summed E-state index contributed by atoms with van der Waals surface area (Å²) in [7, 11) is 0. The lowest BCUT2D eigenvalue weighted by Crippen LogP contribution is -2.24. The number of allylic oxidation sites excluding steroid dienone is 2. The molecule has 0 heterocycles. The van der Waals surface area contributed by atoms with Crippen LogP contribution in [0.2, 0.25) is 0 Å². The summed E-state index contributed by atoms with van der Waals surface area (Å²) in [5.74, 6) is 0. The summed E-state index contributed by atoms with van der Waals surface area (Å²) in [6.45, 7) is 9.82. The van der Waals surface area contributed by atoms with Gasteiger partial charge in [0.25, 0.3) is 0 Å². The van der Waals surface area contributed by atoms with Crippen LogP contribution in [0, 0.1) is 5.41 Å². The molecule has 1 N–H and O–H groups in total. The average molecular weight is 397 g/mol. The Balaban J connectivity index is 3.28. The summed E-state index contributed by atoms with van der Waals surface area (Å²) in [5, 5.41) is 9.40. The maximum Gasteiger partial charge on any atom is 0.0810 e. The molecule has 0 radical (unpaired) electrons. The topological polar surface area (TPSA) is 29.5 Å². The number of aliphatic hydroxyl groups excluding tert-OH is 1. The van der Waals surface area contributed by atoms with Crippen LogP contribution in [0.1, 0.15) is 130 Å². The van der Waals surface area contributed by atoms with Gasteiger partial charge in [0.15, 0.2) is 0 Å². The van der Waals surface area contributed by atoms with Crippen molar-refractivity contribution < 1.29 is 9.84 Å². The second-order valence-corrected chi connectivity index (χ2v) is 9.73. The maximum atomic E-state index is 9.40. The fraction of sp³-hybridized carbons (Fsp3) is 0.923. The Morgan fingerprint density at radius 2 is 1.18 bits per heavy atom. The summed E-state index contributed by atoms with van der Waals surface area (Å²) >= 11 is 0. The Morgan fingerprint density at radius 1 is 0.714 bits per heavy atom. The van der Waals surface area contributed by atoms with Crippen molar-refractivity contribution in [1.29, 1.82) is 0 Å². The van der Waals surface area contributed by atoms with E-state index in [2.05, 4.69) is 39.8 Å². The lowest BCUT2D eigenvalue weighted by atomic mass is 9.89. The normalized spacial score (nSPS) is 13.5. The summed E-state index contributed by atoms with van der Waals surface area (Å²) in [6, 6.07) is 0. The van der Waals surface area contributed by atoms with Gasteiger partial charge in [-0.1, -0.05) is 104 Å². The van der Waals surface area contributed by atoms with Gasteiger partial charge < -0.3 is 9.84 Å². The van der Waals surface area contributed by atoms with Crippen molar-refractivity contribution in [3.63, 3.8) is 0 Å². The van der Waals surface area contributed by atoms with Crippen molar-refractivity contribution in [2.24, 2.45) is 5.41 Å². The molecule has 2 nitrogen and oxygen atoms in total. The fourth-order valence-corrected chi connectivity index (χ4v) is 3.64. The number of ether oxygens (including phenoxy) is 1. The van der Waals surface area contributed by atoms with Crippen LogP contribution >= 0.6 is 0 Å². The molecule has 0 aliphatic heterocycles. The van der Waals surface area contributed by atoms with Crippen LogP contribution in [0.25, 0.3) is 0 Å².